The predicted molar refractivity (Wildman–Crippen MR) is 104 cm³/mol. The molecule has 1 aliphatic rings. The summed E-state index contributed by atoms with van der Waals surface area (Å²) in [6.45, 7) is 1.60. The van der Waals surface area contributed by atoms with Crippen LogP contribution >= 0.6 is 12.2 Å². The smallest absolute Gasteiger partial charge is 0.217 e. The second kappa shape index (κ2) is 7.43. The van der Waals surface area contributed by atoms with Crippen molar-refractivity contribution in [3.8, 4) is 17.1 Å². The van der Waals surface area contributed by atoms with Gasteiger partial charge in [0.1, 0.15) is 5.75 Å². The molecule has 0 spiro atoms. The molecule has 0 aliphatic heterocycles. The van der Waals surface area contributed by atoms with Crippen LogP contribution in [-0.2, 0) is 13.2 Å². The highest BCUT2D eigenvalue weighted by atomic mass is 32.1. The van der Waals surface area contributed by atoms with E-state index < -0.39 is 0 Å². The van der Waals surface area contributed by atoms with Crippen LogP contribution in [0.2, 0.25) is 0 Å². The van der Waals surface area contributed by atoms with Gasteiger partial charge < -0.3 is 4.74 Å². The standard InChI is InChI=1S/C20H22N4OS/c1-25-18-11-7-15(8-12-18)13-23(17-9-10-17)14-24-20(26)21-19(22-24)16-5-3-2-4-6-16/h2-8,11-12,17H,9-10,13-14H2,1H3,(H,21,22,26). The number of H-pyrrole nitrogens is 1. The van der Waals surface area contributed by atoms with Crippen molar-refractivity contribution in [1.82, 2.24) is 19.7 Å². The maximum atomic E-state index is 5.47. The zero-order chi connectivity index (χ0) is 17.9. The molecule has 0 atom stereocenters. The van der Waals surface area contributed by atoms with Crippen LogP contribution in [0, 0.1) is 4.77 Å². The van der Waals surface area contributed by atoms with Gasteiger partial charge >= 0.3 is 0 Å². The molecule has 0 unspecified atom stereocenters. The molecule has 26 heavy (non-hydrogen) atoms. The Morgan fingerprint density at radius 1 is 1.15 bits per heavy atom. The molecule has 0 amide bonds. The maximum Gasteiger partial charge on any atom is 0.217 e. The molecule has 134 valence electrons. The van der Waals surface area contributed by atoms with Crippen LogP contribution in [-0.4, -0.2) is 32.8 Å². The second-order valence-corrected chi connectivity index (χ2v) is 6.98. The van der Waals surface area contributed by atoms with Gasteiger partial charge in [-0.25, -0.2) is 4.68 Å². The number of nitrogens with zero attached hydrogens (tertiary/aromatic N) is 3. The van der Waals surface area contributed by atoms with Gasteiger partial charge in [-0.1, -0.05) is 42.5 Å². The van der Waals surface area contributed by atoms with E-state index in [1.54, 1.807) is 7.11 Å². The van der Waals surface area contributed by atoms with E-state index in [-0.39, 0.29) is 0 Å². The number of hydrogen-bond donors (Lipinski definition) is 1. The number of aromatic amines is 1. The van der Waals surface area contributed by atoms with Crippen molar-refractivity contribution in [2.45, 2.75) is 32.1 Å². The number of hydrogen-bond acceptors (Lipinski definition) is 4. The minimum Gasteiger partial charge on any atom is -0.497 e. The third-order valence-corrected chi connectivity index (χ3v) is 4.97. The van der Waals surface area contributed by atoms with Crippen molar-refractivity contribution in [3.63, 3.8) is 0 Å². The average Bonchev–Trinajstić information content (AvgIpc) is 3.46. The maximum absolute atomic E-state index is 5.47. The first-order valence-electron chi connectivity index (χ1n) is 8.82. The Hall–Kier alpha value is -2.44. The fourth-order valence-electron chi connectivity index (χ4n) is 3.06. The summed E-state index contributed by atoms with van der Waals surface area (Å²) in [6.07, 6.45) is 2.48. The summed E-state index contributed by atoms with van der Waals surface area (Å²) in [4.78, 5) is 6.97. The number of nitrogens with one attached hydrogen (secondary N) is 1. The molecule has 0 bridgehead atoms. The van der Waals surface area contributed by atoms with Crippen LogP contribution in [0.25, 0.3) is 11.4 Å². The Bertz CT molecular complexity index is 913. The zero-order valence-corrected chi connectivity index (χ0v) is 15.6. The van der Waals surface area contributed by atoms with Crippen LogP contribution in [0.1, 0.15) is 18.4 Å². The number of ether oxygens (including phenoxy) is 1. The van der Waals surface area contributed by atoms with Crippen LogP contribution in [0.15, 0.2) is 54.6 Å². The molecule has 1 fully saturated rings. The molecule has 6 heteroatoms. The molecule has 1 aromatic heterocycles. The average molecular weight is 366 g/mol. The summed E-state index contributed by atoms with van der Waals surface area (Å²) in [5, 5.41) is 3.35. The van der Waals surface area contributed by atoms with Crippen molar-refractivity contribution in [1.29, 1.82) is 0 Å². The third-order valence-electron chi connectivity index (χ3n) is 4.66. The molecule has 1 saturated carbocycles. The molecule has 1 N–H and O–H groups in total. The molecular formula is C20H22N4OS. The number of benzene rings is 2. The highest BCUT2D eigenvalue weighted by molar-refractivity contribution is 7.71. The van der Waals surface area contributed by atoms with Gasteiger partial charge in [-0.2, -0.15) is 4.98 Å². The first kappa shape index (κ1) is 17.0. The fourth-order valence-corrected chi connectivity index (χ4v) is 3.25. The molecule has 5 nitrogen and oxygen atoms in total. The summed E-state index contributed by atoms with van der Waals surface area (Å²) in [5.74, 6) is 1.70. The van der Waals surface area contributed by atoms with E-state index in [1.165, 1.54) is 18.4 Å². The minimum atomic E-state index is 0.587. The molecule has 1 aliphatic carbocycles. The third kappa shape index (κ3) is 3.86. The van der Waals surface area contributed by atoms with E-state index in [4.69, 9.17) is 17.0 Å². The lowest BCUT2D eigenvalue weighted by molar-refractivity contribution is 0.187. The lowest BCUT2D eigenvalue weighted by Gasteiger charge is -2.22. The van der Waals surface area contributed by atoms with E-state index >= 15 is 0 Å². The second-order valence-electron chi connectivity index (χ2n) is 6.62. The molecule has 4 rings (SSSR count). The Kier molecular flexibility index (Phi) is 4.86. The SMILES string of the molecule is COc1ccc(CN(Cn2[nH]c(-c3ccccc3)nc2=S)C2CC2)cc1. The monoisotopic (exact) mass is 366 g/mol. The van der Waals surface area contributed by atoms with E-state index in [9.17, 15) is 0 Å². The van der Waals surface area contributed by atoms with Crippen molar-refractivity contribution in [3.05, 3.63) is 64.9 Å². The van der Waals surface area contributed by atoms with E-state index in [0.717, 1.165) is 30.4 Å². The Morgan fingerprint density at radius 2 is 1.88 bits per heavy atom. The van der Waals surface area contributed by atoms with Crippen LogP contribution < -0.4 is 4.74 Å². The van der Waals surface area contributed by atoms with Crippen molar-refractivity contribution in [2.24, 2.45) is 0 Å². The predicted octanol–water partition coefficient (Wildman–Crippen LogP) is 4.24. The molecule has 1 heterocycles. The highest BCUT2D eigenvalue weighted by Gasteiger charge is 2.29. The summed E-state index contributed by atoms with van der Waals surface area (Å²) >= 11 is 5.47. The number of methoxy groups -OCH3 is 1. The van der Waals surface area contributed by atoms with Crippen molar-refractivity contribution in [2.75, 3.05) is 7.11 Å². The number of aromatic nitrogens is 3. The lowest BCUT2D eigenvalue weighted by Crippen LogP contribution is -2.28. The molecule has 3 aromatic rings. The van der Waals surface area contributed by atoms with Gasteiger partial charge in [0, 0.05) is 18.2 Å². The molecule has 0 radical (unpaired) electrons. The first-order chi connectivity index (χ1) is 12.7. The van der Waals surface area contributed by atoms with Crippen molar-refractivity contribution < 1.29 is 4.74 Å². The largest absolute Gasteiger partial charge is 0.497 e. The molecule has 2 aromatic carbocycles. The highest BCUT2D eigenvalue weighted by Crippen LogP contribution is 2.29. The summed E-state index contributed by atoms with van der Waals surface area (Å²) in [5.41, 5.74) is 2.32. The van der Waals surface area contributed by atoms with Crippen molar-refractivity contribution >= 4 is 12.2 Å². The van der Waals surface area contributed by atoms with Crippen LogP contribution in [0.5, 0.6) is 5.75 Å². The van der Waals surface area contributed by atoms with Gasteiger partial charge in [-0.05, 0) is 42.8 Å². The summed E-state index contributed by atoms with van der Waals surface area (Å²) < 4.78 is 7.79. The van der Waals surface area contributed by atoms with E-state index in [2.05, 4.69) is 27.1 Å². The number of rotatable bonds is 7. The summed E-state index contributed by atoms with van der Waals surface area (Å²) in [6, 6.07) is 19.0. The zero-order valence-electron chi connectivity index (χ0n) is 14.8. The Morgan fingerprint density at radius 3 is 2.54 bits per heavy atom. The van der Waals surface area contributed by atoms with Crippen LogP contribution in [0.4, 0.5) is 0 Å². The lowest BCUT2D eigenvalue weighted by atomic mass is 10.2. The van der Waals surface area contributed by atoms with Crippen LogP contribution in [0.3, 0.4) is 0 Å². The topological polar surface area (TPSA) is 46.1 Å². The van der Waals surface area contributed by atoms with Gasteiger partial charge in [0.15, 0.2) is 5.82 Å². The normalized spacial score (nSPS) is 13.9. The van der Waals surface area contributed by atoms with E-state index in [1.807, 2.05) is 47.1 Å². The minimum absolute atomic E-state index is 0.587. The van der Waals surface area contributed by atoms with E-state index in [0.29, 0.717) is 10.8 Å². The fraction of sp³-hybridized carbons (Fsp3) is 0.300. The van der Waals surface area contributed by atoms with Gasteiger partial charge in [0.25, 0.3) is 0 Å². The van der Waals surface area contributed by atoms with Gasteiger partial charge in [-0.15, -0.1) is 0 Å². The quantitative estimate of drug-likeness (QED) is 0.636. The first-order valence-corrected chi connectivity index (χ1v) is 9.23. The Balaban J connectivity index is 1.52. The van der Waals surface area contributed by atoms with Gasteiger partial charge in [0.2, 0.25) is 4.77 Å². The van der Waals surface area contributed by atoms with Gasteiger partial charge in [0.05, 0.1) is 13.8 Å². The summed E-state index contributed by atoms with van der Waals surface area (Å²) in [7, 11) is 1.69. The Labute approximate surface area is 158 Å². The molecule has 0 saturated heterocycles. The van der Waals surface area contributed by atoms with Gasteiger partial charge in [-0.3, -0.25) is 10.00 Å². The molecular weight excluding hydrogens is 344 g/mol.